The van der Waals surface area contributed by atoms with Crippen LogP contribution in [0.25, 0.3) is 0 Å². The average Bonchev–Trinajstić information content (AvgIpc) is 3.04. The molecule has 8 nitrogen and oxygen atoms in total. The molecule has 4 rings (SSSR count). The van der Waals surface area contributed by atoms with Gasteiger partial charge in [0, 0.05) is 19.8 Å². The summed E-state index contributed by atoms with van der Waals surface area (Å²) in [6, 6.07) is 5.09. The molecule has 27 heavy (non-hydrogen) atoms. The van der Waals surface area contributed by atoms with Crippen molar-refractivity contribution in [2.45, 2.75) is 13.8 Å². The quantitative estimate of drug-likeness (QED) is 0.586. The van der Waals surface area contributed by atoms with E-state index in [1.807, 2.05) is 19.9 Å². The summed E-state index contributed by atoms with van der Waals surface area (Å²) in [5, 5.41) is 8.53. The molecule has 2 aromatic heterocycles. The number of aromatic nitrogens is 2. The topological polar surface area (TPSA) is 91.1 Å². The minimum atomic E-state index is -0.357. The van der Waals surface area contributed by atoms with Gasteiger partial charge < -0.3 is 0 Å². The molecule has 0 spiro atoms. The van der Waals surface area contributed by atoms with Crippen LogP contribution in [0, 0.1) is 6.92 Å². The van der Waals surface area contributed by atoms with Gasteiger partial charge in [0.05, 0.1) is 11.1 Å². The van der Waals surface area contributed by atoms with E-state index in [-0.39, 0.29) is 28.4 Å². The van der Waals surface area contributed by atoms with E-state index in [1.54, 1.807) is 25.4 Å². The number of carbonyl (C=O) groups is 2. The number of hydrogen-bond acceptors (Lipinski definition) is 6. The lowest BCUT2D eigenvalue weighted by atomic mass is 10.1. The van der Waals surface area contributed by atoms with Crippen molar-refractivity contribution in [1.29, 1.82) is 0 Å². The molecule has 0 fully saturated rings. The molecule has 9 heteroatoms. The average molecular weight is 383 g/mol. The van der Waals surface area contributed by atoms with E-state index in [1.165, 1.54) is 9.80 Å². The maximum absolute atomic E-state index is 12.7. The summed E-state index contributed by atoms with van der Waals surface area (Å²) >= 11 is 5.91. The Labute approximate surface area is 160 Å². The lowest BCUT2D eigenvalue weighted by Crippen LogP contribution is -2.30. The maximum Gasteiger partial charge on any atom is 0.280 e. The fourth-order valence-electron chi connectivity index (χ4n) is 3.11. The highest BCUT2D eigenvalue weighted by Gasteiger charge is 2.36. The summed E-state index contributed by atoms with van der Waals surface area (Å²) in [4.78, 5) is 36.6. The molecule has 0 saturated heterocycles. The third kappa shape index (κ3) is 2.60. The van der Waals surface area contributed by atoms with Crippen molar-refractivity contribution in [3.8, 4) is 0 Å². The molecule has 136 valence electrons. The van der Waals surface area contributed by atoms with Crippen molar-refractivity contribution < 1.29 is 9.59 Å². The van der Waals surface area contributed by atoms with Gasteiger partial charge in [-0.2, -0.15) is 0 Å². The molecular weight excluding hydrogens is 368 g/mol. The van der Waals surface area contributed by atoms with Gasteiger partial charge in [-0.05, 0) is 37.6 Å². The number of likely N-dealkylation sites (N-methyl/N-ethyl adjacent to an activating group) is 2. The molecule has 4 heterocycles. The van der Waals surface area contributed by atoms with Gasteiger partial charge in [-0.1, -0.05) is 11.6 Å². The lowest BCUT2D eigenvalue weighted by Gasteiger charge is -2.11. The van der Waals surface area contributed by atoms with Gasteiger partial charge in [-0.25, -0.2) is 9.97 Å². The molecule has 0 radical (unpaired) electrons. The molecule has 0 bridgehead atoms. The Kier molecular flexibility index (Phi) is 4.00. The number of hydrogen-bond donors (Lipinski definition) is 0. The van der Waals surface area contributed by atoms with E-state index in [0.717, 1.165) is 5.56 Å². The van der Waals surface area contributed by atoms with E-state index in [4.69, 9.17) is 11.6 Å². The van der Waals surface area contributed by atoms with Crippen LogP contribution in [0.2, 0.25) is 5.15 Å². The summed E-state index contributed by atoms with van der Waals surface area (Å²) in [6.45, 7) is 4.21. The first kappa shape index (κ1) is 17.3. The number of aryl methyl sites for hydroxylation is 1. The molecule has 0 saturated carbocycles. The van der Waals surface area contributed by atoms with Crippen molar-refractivity contribution >= 4 is 46.5 Å². The molecule has 0 atom stereocenters. The smallest absolute Gasteiger partial charge is 0.280 e. The summed E-state index contributed by atoms with van der Waals surface area (Å²) in [5.74, 6) is 0.320. The maximum atomic E-state index is 12.7. The van der Waals surface area contributed by atoms with Crippen molar-refractivity contribution in [3.05, 3.63) is 46.2 Å². The van der Waals surface area contributed by atoms with Gasteiger partial charge in [0.2, 0.25) is 0 Å². The Balaban J connectivity index is 1.83. The number of amides is 2. The van der Waals surface area contributed by atoms with Crippen LogP contribution in [0.1, 0.15) is 23.6 Å². The zero-order chi connectivity index (χ0) is 19.3. The van der Waals surface area contributed by atoms with E-state index in [9.17, 15) is 9.59 Å². The van der Waals surface area contributed by atoms with Crippen molar-refractivity contribution in [2.75, 3.05) is 23.4 Å². The first-order valence-corrected chi connectivity index (χ1v) is 8.69. The molecule has 0 N–H and O–H groups in total. The van der Waals surface area contributed by atoms with Crippen molar-refractivity contribution in [2.24, 2.45) is 10.2 Å². The zero-order valence-corrected chi connectivity index (χ0v) is 15.7. The summed E-state index contributed by atoms with van der Waals surface area (Å²) in [7, 11) is 1.59. The van der Waals surface area contributed by atoms with Crippen LogP contribution in [-0.2, 0) is 9.59 Å². The van der Waals surface area contributed by atoms with Crippen LogP contribution >= 0.6 is 11.6 Å². The number of rotatable bonds is 2. The zero-order valence-electron chi connectivity index (χ0n) is 14.9. The molecule has 0 aliphatic carbocycles. The Hall–Kier alpha value is -3.13. The number of carbonyl (C=O) groups excluding carboxylic acids is 2. The van der Waals surface area contributed by atoms with Gasteiger partial charge >= 0.3 is 0 Å². The van der Waals surface area contributed by atoms with Gasteiger partial charge in [-0.3, -0.25) is 19.4 Å². The molecule has 0 unspecified atom stereocenters. The Morgan fingerprint density at radius 1 is 1.07 bits per heavy atom. The molecular formula is C18H15ClN6O2. The Bertz CT molecular complexity index is 1060. The minimum absolute atomic E-state index is 0.120. The number of anilines is 2. The first-order valence-electron chi connectivity index (χ1n) is 8.32. The van der Waals surface area contributed by atoms with Crippen molar-refractivity contribution in [3.63, 3.8) is 0 Å². The van der Waals surface area contributed by atoms with Gasteiger partial charge in [0.15, 0.2) is 11.4 Å². The number of pyridine rings is 2. The minimum Gasteiger partial charge on any atom is -0.294 e. The number of halogens is 1. The summed E-state index contributed by atoms with van der Waals surface area (Å²) < 4.78 is 0. The standard InChI is InChI=1S/C18H15ClN6O2/c1-4-25-15-11(7-9(2)8-20-15)14(18(25)27)23-22-13-10-5-6-12(19)21-16(10)24(3)17(13)26/h5-8H,4H2,1-3H3/b22-13-,23-14-. The summed E-state index contributed by atoms with van der Waals surface area (Å²) in [5.41, 5.74) is 2.33. The van der Waals surface area contributed by atoms with Crippen LogP contribution < -0.4 is 9.80 Å². The predicted octanol–water partition coefficient (Wildman–Crippen LogP) is 1.97. The molecule has 0 aromatic carbocycles. The number of nitrogens with zero attached hydrogens (tertiary/aromatic N) is 6. The third-order valence-electron chi connectivity index (χ3n) is 4.45. The van der Waals surface area contributed by atoms with Gasteiger partial charge in [0.1, 0.15) is 16.8 Å². The van der Waals surface area contributed by atoms with Crippen LogP contribution in [0.4, 0.5) is 11.6 Å². The van der Waals surface area contributed by atoms with Gasteiger partial charge in [-0.15, -0.1) is 10.2 Å². The molecule has 2 aromatic rings. The highest BCUT2D eigenvalue weighted by Crippen LogP contribution is 2.30. The van der Waals surface area contributed by atoms with Crippen LogP contribution in [-0.4, -0.2) is 46.8 Å². The normalized spacial score (nSPS) is 18.7. The fraction of sp³-hybridized carbons (Fsp3) is 0.222. The SMILES string of the molecule is CCN1C(=O)/C(=N\N=C2/C(=O)N(C)c3nc(Cl)ccc32)c2cc(C)cnc21. The highest BCUT2D eigenvalue weighted by molar-refractivity contribution is 6.56. The second-order valence-electron chi connectivity index (χ2n) is 6.20. The van der Waals surface area contributed by atoms with Gasteiger partial charge in [0.25, 0.3) is 11.8 Å². The van der Waals surface area contributed by atoms with Crippen molar-refractivity contribution in [1.82, 2.24) is 9.97 Å². The van der Waals surface area contributed by atoms with E-state index >= 15 is 0 Å². The third-order valence-corrected chi connectivity index (χ3v) is 4.66. The molecule has 2 aliphatic rings. The van der Waals surface area contributed by atoms with Crippen LogP contribution in [0.3, 0.4) is 0 Å². The lowest BCUT2D eigenvalue weighted by molar-refractivity contribution is -0.113. The first-order chi connectivity index (χ1) is 12.9. The van der Waals surface area contributed by atoms with E-state index in [0.29, 0.717) is 29.3 Å². The van der Waals surface area contributed by atoms with E-state index < -0.39 is 0 Å². The predicted molar refractivity (Wildman–Crippen MR) is 103 cm³/mol. The monoisotopic (exact) mass is 382 g/mol. The van der Waals surface area contributed by atoms with Crippen LogP contribution in [0.5, 0.6) is 0 Å². The Morgan fingerprint density at radius 2 is 1.78 bits per heavy atom. The second-order valence-corrected chi connectivity index (χ2v) is 6.59. The Morgan fingerprint density at radius 3 is 2.48 bits per heavy atom. The van der Waals surface area contributed by atoms with Crippen LogP contribution in [0.15, 0.2) is 34.6 Å². The van der Waals surface area contributed by atoms with E-state index in [2.05, 4.69) is 20.2 Å². The summed E-state index contributed by atoms with van der Waals surface area (Å²) in [6.07, 6.45) is 1.70. The molecule has 2 aliphatic heterocycles. The number of fused-ring (bicyclic) bond motifs is 2. The highest BCUT2D eigenvalue weighted by atomic mass is 35.5. The fourth-order valence-corrected chi connectivity index (χ4v) is 3.26. The largest absolute Gasteiger partial charge is 0.294 e. The second kappa shape index (κ2) is 6.24. The molecule has 2 amide bonds.